The molecule has 1 aliphatic rings. The highest BCUT2D eigenvalue weighted by molar-refractivity contribution is 5.47. The molecular weight excluding hydrogens is 162 g/mol. The summed E-state index contributed by atoms with van der Waals surface area (Å²) in [4.78, 5) is 0. The average molecular weight is 179 g/mol. The van der Waals surface area contributed by atoms with Crippen LogP contribution in [0.25, 0.3) is 0 Å². The smallest absolute Gasteiger partial charge is 0.127 e. The summed E-state index contributed by atoms with van der Waals surface area (Å²) >= 11 is 0. The molecule has 1 aromatic heterocycles. The Morgan fingerprint density at radius 3 is 3.08 bits per heavy atom. The number of rotatable bonds is 1. The Morgan fingerprint density at radius 1 is 1.62 bits per heavy atom. The number of hydrogen-bond acceptors (Lipinski definition) is 2. The van der Waals surface area contributed by atoms with Gasteiger partial charge >= 0.3 is 0 Å². The van der Waals surface area contributed by atoms with E-state index in [1.807, 2.05) is 17.9 Å². The average Bonchev–Trinajstić information content (AvgIpc) is 2.47. The van der Waals surface area contributed by atoms with Gasteiger partial charge in [0.25, 0.3) is 0 Å². The van der Waals surface area contributed by atoms with Crippen LogP contribution < -0.4 is 5.32 Å². The van der Waals surface area contributed by atoms with Gasteiger partial charge in [0.15, 0.2) is 0 Å². The number of aromatic nitrogens is 2. The number of anilines is 1. The van der Waals surface area contributed by atoms with E-state index in [0.29, 0.717) is 12.0 Å². The van der Waals surface area contributed by atoms with Crippen LogP contribution in [0.1, 0.15) is 25.8 Å². The van der Waals surface area contributed by atoms with Crippen LogP contribution in [0.5, 0.6) is 0 Å². The monoisotopic (exact) mass is 179 g/mol. The van der Waals surface area contributed by atoms with E-state index < -0.39 is 0 Å². The summed E-state index contributed by atoms with van der Waals surface area (Å²) in [6.07, 6.45) is 4.37. The summed E-state index contributed by atoms with van der Waals surface area (Å²) in [5, 5.41) is 7.79. The molecular formula is C10H17N3. The van der Waals surface area contributed by atoms with Crippen LogP contribution in [0.3, 0.4) is 0 Å². The van der Waals surface area contributed by atoms with Crippen LogP contribution in [-0.2, 0) is 13.5 Å². The topological polar surface area (TPSA) is 29.9 Å². The second kappa shape index (κ2) is 3.05. The molecule has 0 aromatic carbocycles. The molecule has 0 bridgehead atoms. The third-order valence-electron chi connectivity index (χ3n) is 2.87. The minimum absolute atomic E-state index is 0.614. The Labute approximate surface area is 79.1 Å². The molecule has 1 atom stereocenters. The number of hydrogen-bond donors (Lipinski definition) is 1. The Kier molecular flexibility index (Phi) is 2.02. The van der Waals surface area contributed by atoms with Crippen LogP contribution in [0.15, 0.2) is 6.20 Å². The van der Waals surface area contributed by atoms with Crippen molar-refractivity contribution in [3.63, 3.8) is 0 Å². The number of nitrogens with one attached hydrogen (secondary N) is 1. The first-order valence-corrected chi connectivity index (χ1v) is 4.96. The zero-order valence-corrected chi connectivity index (χ0v) is 8.54. The minimum atomic E-state index is 0.614. The van der Waals surface area contributed by atoms with Gasteiger partial charge in [0.2, 0.25) is 0 Å². The van der Waals surface area contributed by atoms with E-state index in [9.17, 15) is 0 Å². The van der Waals surface area contributed by atoms with Gasteiger partial charge in [-0.2, -0.15) is 5.10 Å². The highest BCUT2D eigenvalue weighted by atomic mass is 15.3. The second-order valence-corrected chi connectivity index (χ2v) is 4.18. The van der Waals surface area contributed by atoms with E-state index in [0.717, 1.165) is 0 Å². The van der Waals surface area contributed by atoms with Gasteiger partial charge in [0.05, 0.1) is 6.20 Å². The van der Waals surface area contributed by atoms with Crippen molar-refractivity contribution < 1.29 is 0 Å². The maximum absolute atomic E-state index is 4.25. The van der Waals surface area contributed by atoms with Crippen molar-refractivity contribution in [3.8, 4) is 0 Å². The zero-order chi connectivity index (χ0) is 9.42. The summed E-state index contributed by atoms with van der Waals surface area (Å²) in [5.74, 6) is 1.91. The second-order valence-electron chi connectivity index (χ2n) is 4.18. The Balaban J connectivity index is 2.22. The standard InChI is InChI=1S/C10H17N3/c1-7(2)9-5-4-8-6-11-13(3)10(8)12-9/h6-7,9,12H,4-5H2,1-3H3/t9-/m1/s1. The van der Waals surface area contributed by atoms with Crippen molar-refractivity contribution in [2.45, 2.75) is 32.7 Å². The van der Waals surface area contributed by atoms with Crippen molar-refractivity contribution in [2.75, 3.05) is 5.32 Å². The summed E-state index contributed by atoms with van der Waals surface area (Å²) in [6, 6.07) is 0.614. The zero-order valence-electron chi connectivity index (χ0n) is 8.54. The third-order valence-corrected chi connectivity index (χ3v) is 2.87. The Hall–Kier alpha value is -0.990. The van der Waals surface area contributed by atoms with Crippen molar-refractivity contribution in [1.29, 1.82) is 0 Å². The molecule has 0 saturated carbocycles. The molecule has 1 N–H and O–H groups in total. The fraction of sp³-hybridized carbons (Fsp3) is 0.700. The van der Waals surface area contributed by atoms with Crippen molar-refractivity contribution in [1.82, 2.24) is 9.78 Å². The first-order chi connectivity index (χ1) is 6.18. The van der Waals surface area contributed by atoms with Gasteiger partial charge in [0.1, 0.15) is 5.82 Å². The quantitative estimate of drug-likeness (QED) is 0.712. The van der Waals surface area contributed by atoms with Gasteiger partial charge in [0, 0.05) is 18.7 Å². The van der Waals surface area contributed by atoms with Crippen molar-refractivity contribution in [3.05, 3.63) is 11.8 Å². The van der Waals surface area contributed by atoms with Crippen LogP contribution >= 0.6 is 0 Å². The third kappa shape index (κ3) is 1.43. The summed E-state index contributed by atoms with van der Waals surface area (Å²) in [5.41, 5.74) is 1.36. The first kappa shape index (κ1) is 8.60. The number of nitrogens with zero attached hydrogens (tertiary/aromatic N) is 2. The van der Waals surface area contributed by atoms with Crippen LogP contribution in [0.4, 0.5) is 5.82 Å². The number of aryl methyl sites for hydroxylation is 2. The van der Waals surface area contributed by atoms with Gasteiger partial charge < -0.3 is 5.32 Å². The molecule has 13 heavy (non-hydrogen) atoms. The van der Waals surface area contributed by atoms with Crippen molar-refractivity contribution >= 4 is 5.82 Å². The molecule has 3 heteroatoms. The predicted molar refractivity (Wildman–Crippen MR) is 53.8 cm³/mol. The lowest BCUT2D eigenvalue weighted by Gasteiger charge is -2.28. The van der Waals surface area contributed by atoms with E-state index in [4.69, 9.17) is 0 Å². The fourth-order valence-corrected chi connectivity index (χ4v) is 1.91. The maximum atomic E-state index is 4.25. The lowest BCUT2D eigenvalue weighted by molar-refractivity contribution is 0.478. The van der Waals surface area contributed by atoms with E-state index in [1.165, 1.54) is 24.2 Å². The lowest BCUT2D eigenvalue weighted by Crippen LogP contribution is -2.30. The predicted octanol–water partition coefficient (Wildman–Crippen LogP) is 1.80. The van der Waals surface area contributed by atoms with Gasteiger partial charge in [-0.05, 0) is 18.8 Å². The van der Waals surface area contributed by atoms with E-state index >= 15 is 0 Å². The summed E-state index contributed by atoms with van der Waals surface area (Å²) < 4.78 is 1.93. The molecule has 0 fully saturated rings. The molecule has 0 saturated heterocycles. The molecule has 0 amide bonds. The molecule has 0 spiro atoms. The van der Waals surface area contributed by atoms with E-state index in [1.54, 1.807) is 0 Å². The summed E-state index contributed by atoms with van der Waals surface area (Å²) in [6.45, 7) is 4.53. The molecule has 1 aliphatic heterocycles. The minimum Gasteiger partial charge on any atom is -0.367 e. The molecule has 0 radical (unpaired) electrons. The largest absolute Gasteiger partial charge is 0.367 e. The molecule has 2 rings (SSSR count). The molecule has 1 aromatic rings. The van der Waals surface area contributed by atoms with Crippen LogP contribution in [-0.4, -0.2) is 15.8 Å². The van der Waals surface area contributed by atoms with Crippen LogP contribution in [0, 0.1) is 5.92 Å². The highest BCUT2D eigenvalue weighted by Gasteiger charge is 2.22. The number of fused-ring (bicyclic) bond motifs is 1. The summed E-state index contributed by atoms with van der Waals surface area (Å²) in [7, 11) is 1.99. The normalized spacial score (nSPS) is 21.4. The molecule has 0 unspecified atom stereocenters. The fourth-order valence-electron chi connectivity index (χ4n) is 1.91. The Morgan fingerprint density at radius 2 is 2.38 bits per heavy atom. The maximum Gasteiger partial charge on any atom is 0.127 e. The van der Waals surface area contributed by atoms with E-state index in [2.05, 4.69) is 24.3 Å². The van der Waals surface area contributed by atoms with E-state index in [-0.39, 0.29) is 0 Å². The van der Waals surface area contributed by atoms with Gasteiger partial charge in [-0.3, -0.25) is 4.68 Å². The molecule has 72 valence electrons. The van der Waals surface area contributed by atoms with Crippen LogP contribution in [0.2, 0.25) is 0 Å². The first-order valence-electron chi connectivity index (χ1n) is 4.96. The SMILES string of the molecule is CC(C)[C@H]1CCc2cnn(C)c2N1. The highest BCUT2D eigenvalue weighted by Crippen LogP contribution is 2.26. The lowest BCUT2D eigenvalue weighted by atomic mass is 9.94. The van der Waals surface area contributed by atoms with Crippen molar-refractivity contribution in [2.24, 2.45) is 13.0 Å². The van der Waals surface area contributed by atoms with Gasteiger partial charge in [-0.25, -0.2) is 0 Å². The molecule has 3 nitrogen and oxygen atoms in total. The van der Waals surface area contributed by atoms with Gasteiger partial charge in [-0.15, -0.1) is 0 Å². The van der Waals surface area contributed by atoms with Gasteiger partial charge in [-0.1, -0.05) is 13.8 Å². The molecule has 2 heterocycles. The molecule has 0 aliphatic carbocycles. The Bertz CT molecular complexity index is 301.